The molecule has 29 heavy (non-hydrogen) atoms. The fourth-order valence-corrected chi connectivity index (χ4v) is 2.90. The average molecular weight is 443 g/mol. The maximum Gasteiger partial charge on any atom is 0.417 e. The Kier molecular flexibility index (Phi) is 6.76. The third-order valence-electron chi connectivity index (χ3n) is 3.90. The van der Waals surface area contributed by atoms with Crippen LogP contribution in [0.5, 0.6) is 11.6 Å². The van der Waals surface area contributed by atoms with Crippen molar-refractivity contribution in [3.63, 3.8) is 0 Å². The number of anilines is 1. The number of ether oxygens (including phenoxy) is 1. The summed E-state index contributed by atoms with van der Waals surface area (Å²) in [7, 11) is 0. The third-order valence-corrected chi connectivity index (χ3v) is 4.55. The zero-order chi connectivity index (χ0) is 20.9. The van der Waals surface area contributed by atoms with Gasteiger partial charge in [-0.1, -0.05) is 23.7 Å². The number of hydrogen-bond acceptors (Lipinski definition) is 5. The predicted octanol–water partition coefficient (Wildman–Crippen LogP) is 5.73. The van der Waals surface area contributed by atoms with Crippen molar-refractivity contribution in [3.05, 3.63) is 70.8 Å². The minimum Gasteiger partial charge on any atom is -0.439 e. The van der Waals surface area contributed by atoms with E-state index < -0.39 is 11.7 Å². The van der Waals surface area contributed by atoms with Crippen LogP contribution in [0.3, 0.4) is 0 Å². The molecule has 0 unspecified atom stereocenters. The van der Waals surface area contributed by atoms with Crippen LogP contribution in [-0.4, -0.2) is 21.5 Å². The second-order valence-electron chi connectivity index (χ2n) is 5.92. The van der Waals surface area contributed by atoms with Crippen LogP contribution in [0.4, 0.5) is 19.0 Å². The molecule has 1 N–H and O–H groups in total. The molecule has 0 atom stereocenters. The third kappa shape index (κ3) is 5.71. The first-order chi connectivity index (χ1) is 13.9. The highest BCUT2D eigenvalue weighted by Gasteiger charge is 2.30. The number of halogens is 5. The Labute approximate surface area is 174 Å². The van der Waals surface area contributed by atoms with Gasteiger partial charge in [-0.25, -0.2) is 15.0 Å². The molecule has 0 spiro atoms. The lowest BCUT2D eigenvalue weighted by Gasteiger charge is -2.10. The number of benzene rings is 1. The Bertz CT molecular complexity index is 951. The molecule has 0 amide bonds. The first kappa shape index (κ1) is 21.1. The molecule has 3 rings (SSSR count). The zero-order valence-electron chi connectivity index (χ0n) is 14.9. The zero-order valence-corrected chi connectivity index (χ0v) is 16.4. The van der Waals surface area contributed by atoms with Crippen molar-refractivity contribution >= 4 is 29.0 Å². The Morgan fingerprint density at radius 2 is 1.76 bits per heavy atom. The van der Waals surface area contributed by atoms with Gasteiger partial charge in [0.05, 0.1) is 17.1 Å². The molecule has 0 saturated carbocycles. The van der Waals surface area contributed by atoms with E-state index in [4.69, 9.17) is 27.9 Å². The first-order valence-electron chi connectivity index (χ1n) is 8.46. The van der Waals surface area contributed by atoms with E-state index in [1.54, 1.807) is 12.1 Å². The van der Waals surface area contributed by atoms with Crippen LogP contribution in [0, 0.1) is 0 Å². The van der Waals surface area contributed by atoms with Crippen molar-refractivity contribution in [2.24, 2.45) is 0 Å². The van der Waals surface area contributed by atoms with Crippen molar-refractivity contribution in [1.82, 2.24) is 15.0 Å². The van der Waals surface area contributed by atoms with Gasteiger partial charge in [0.2, 0.25) is 5.88 Å². The molecule has 10 heteroatoms. The average Bonchev–Trinajstić information content (AvgIpc) is 2.70. The summed E-state index contributed by atoms with van der Waals surface area (Å²) in [6.07, 6.45) is -1.60. The van der Waals surface area contributed by atoms with Crippen LogP contribution >= 0.6 is 23.2 Å². The summed E-state index contributed by atoms with van der Waals surface area (Å²) in [6, 6.07) is 9.26. The Balaban J connectivity index is 1.54. The van der Waals surface area contributed by atoms with Gasteiger partial charge < -0.3 is 10.1 Å². The van der Waals surface area contributed by atoms with Crippen LogP contribution in [0.2, 0.25) is 5.02 Å². The molecule has 0 radical (unpaired) electrons. The van der Waals surface area contributed by atoms with Gasteiger partial charge in [-0.3, -0.25) is 0 Å². The molecule has 0 aliphatic carbocycles. The van der Waals surface area contributed by atoms with Gasteiger partial charge in [0.15, 0.2) is 0 Å². The van der Waals surface area contributed by atoms with Gasteiger partial charge >= 0.3 is 6.18 Å². The number of nitrogens with one attached hydrogen (secondary N) is 1. The molecule has 3 aromatic rings. The van der Waals surface area contributed by atoms with Crippen LogP contribution < -0.4 is 10.1 Å². The molecular weight excluding hydrogens is 428 g/mol. The molecule has 1 aromatic carbocycles. The molecule has 0 saturated heterocycles. The lowest BCUT2D eigenvalue weighted by atomic mass is 10.1. The number of nitrogens with zero attached hydrogens (tertiary/aromatic N) is 3. The van der Waals surface area contributed by atoms with E-state index in [1.165, 1.54) is 12.4 Å². The van der Waals surface area contributed by atoms with Crippen LogP contribution in [0.1, 0.15) is 16.8 Å². The van der Waals surface area contributed by atoms with Crippen LogP contribution in [-0.2, 0) is 18.5 Å². The van der Waals surface area contributed by atoms with E-state index >= 15 is 0 Å². The summed E-state index contributed by atoms with van der Waals surface area (Å²) in [6.45, 7) is 0.582. The quantitative estimate of drug-likeness (QED) is 0.473. The van der Waals surface area contributed by atoms with Gasteiger partial charge in [0, 0.05) is 18.8 Å². The number of pyridine rings is 1. The summed E-state index contributed by atoms with van der Waals surface area (Å²) in [5, 5.41) is 3.53. The molecule has 0 bridgehead atoms. The highest BCUT2D eigenvalue weighted by Crippen LogP contribution is 2.30. The molecule has 2 aromatic heterocycles. The summed E-state index contributed by atoms with van der Waals surface area (Å²) in [4.78, 5) is 11.8. The Hall–Kier alpha value is -2.58. The molecule has 2 heterocycles. The fourth-order valence-electron chi connectivity index (χ4n) is 2.40. The van der Waals surface area contributed by atoms with E-state index in [-0.39, 0.29) is 11.8 Å². The lowest BCUT2D eigenvalue weighted by Crippen LogP contribution is -2.08. The minimum atomic E-state index is -4.43. The molecule has 0 aliphatic rings. The largest absolute Gasteiger partial charge is 0.439 e. The number of alkyl halides is 4. The molecule has 5 nitrogen and oxygen atoms in total. The Morgan fingerprint density at radius 1 is 1.00 bits per heavy atom. The second kappa shape index (κ2) is 9.28. The monoisotopic (exact) mass is 442 g/mol. The topological polar surface area (TPSA) is 59.9 Å². The highest BCUT2D eigenvalue weighted by atomic mass is 35.5. The van der Waals surface area contributed by atoms with Gasteiger partial charge in [0.25, 0.3) is 0 Å². The molecule has 152 valence electrons. The normalized spacial score (nSPS) is 11.3. The highest BCUT2D eigenvalue weighted by molar-refractivity contribution is 6.34. The standard InChI is InChI=1S/C19H15Cl2F3N4O/c20-9-15-17(21)18(28-11-27-15)25-8-7-12-1-4-14(5-2-12)29-16-6-3-13(10-26-16)19(22,23)24/h1-6,10-11H,7-9H2,(H,25,27,28). The van der Waals surface area contributed by atoms with E-state index in [2.05, 4.69) is 20.3 Å². The van der Waals surface area contributed by atoms with Crippen LogP contribution in [0.15, 0.2) is 48.9 Å². The number of aromatic nitrogens is 3. The minimum absolute atomic E-state index is 0.0842. The van der Waals surface area contributed by atoms with Crippen molar-refractivity contribution in [1.29, 1.82) is 0 Å². The predicted molar refractivity (Wildman–Crippen MR) is 105 cm³/mol. The van der Waals surface area contributed by atoms with Crippen LogP contribution in [0.25, 0.3) is 0 Å². The second-order valence-corrected chi connectivity index (χ2v) is 6.57. The number of rotatable bonds is 7. The molecule has 0 fully saturated rings. The fraction of sp³-hybridized carbons (Fsp3) is 0.211. The first-order valence-corrected chi connectivity index (χ1v) is 9.37. The van der Waals surface area contributed by atoms with Crippen molar-refractivity contribution in [2.75, 3.05) is 11.9 Å². The van der Waals surface area contributed by atoms with Crippen molar-refractivity contribution in [2.45, 2.75) is 18.5 Å². The summed E-state index contributed by atoms with van der Waals surface area (Å²) < 4.78 is 43.1. The smallest absolute Gasteiger partial charge is 0.417 e. The summed E-state index contributed by atoms with van der Waals surface area (Å²) in [5.74, 6) is 1.27. The van der Waals surface area contributed by atoms with E-state index in [1.807, 2.05) is 12.1 Å². The summed E-state index contributed by atoms with van der Waals surface area (Å²) in [5.41, 5.74) is 0.756. The van der Waals surface area contributed by atoms with Gasteiger partial charge in [0.1, 0.15) is 22.9 Å². The lowest BCUT2D eigenvalue weighted by molar-refractivity contribution is -0.137. The van der Waals surface area contributed by atoms with E-state index in [0.717, 1.165) is 17.8 Å². The van der Waals surface area contributed by atoms with Gasteiger partial charge in [-0.05, 0) is 30.2 Å². The molecule has 0 aliphatic heterocycles. The maximum absolute atomic E-state index is 12.6. The maximum atomic E-state index is 12.6. The van der Waals surface area contributed by atoms with Crippen molar-refractivity contribution < 1.29 is 17.9 Å². The molecular formula is C19H15Cl2F3N4O. The summed E-state index contributed by atoms with van der Waals surface area (Å²) >= 11 is 11.9. The Morgan fingerprint density at radius 3 is 2.38 bits per heavy atom. The SMILES string of the molecule is FC(F)(F)c1ccc(Oc2ccc(CCNc3ncnc(CCl)c3Cl)cc2)nc1. The number of hydrogen-bond donors (Lipinski definition) is 1. The van der Waals surface area contributed by atoms with Crippen molar-refractivity contribution in [3.8, 4) is 11.6 Å². The van der Waals surface area contributed by atoms with E-state index in [0.29, 0.717) is 35.2 Å². The van der Waals surface area contributed by atoms with Gasteiger partial charge in [-0.2, -0.15) is 13.2 Å². The van der Waals surface area contributed by atoms with E-state index in [9.17, 15) is 13.2 Å². The van der Waals surface area contributed by atoms with Gasteiger partial charge in [-0.15, -0.1) is 11.6 Å².